The number of ketones is 1. The van der Waals surface area contributed by atoms with E-state index in [1.54, 1.807) is 6.07 Å². The number of unbranched alkanes of at least 4 members (excludes halogenated alkanes) is 1. The zero-order chi connectivity index (χ0) is 14.7. The maximum atomic E-state index is 12.0. The molecular weight excluding hydrogens is 301 g/mol. The molecule has 6 heteroatoms. The second-order valence-corrected chi connectivity index (χ2v) is 5.32. The van der Waals surface area contributed by atoms with Crippen molar-refractivity contribution in [2.45, 2.75) is 19.8 Å². The molecule has 0 spiro atoms. The fourth-order valence-electron chi connectivity index (χ4n) is 2.07. The summed E-state index contributed by atoms with van der Waals surface area (Å²) in [6.45, 7) is 3.37. The Morgan fingerprint density at radius 3 is 2.55 bits per heavy atom. The number of hydrogen-bond acceptors (Lipinski definition) is 3. The normalized spacial score (nSPS) is 14.1. The molecule has 0 atom stereocenters. The zero-order valence-corrected chi connectivity index (χ0v) is 12.6. The molecule has 108 valence electrons. The summed E-state index contributed by atoms with van der Waals surface area (Å²) < 4.78 is 5.42. The average molecular weight is 316 g/mol. The quantitative estimate of drug-likeness (QED) is 0.597. The minimum Gasteiger partial charge on any atom is -0.380 e. The van der Waals surface area contributed by atoms with E-state index < -0.39 is 11.7 Å². The molecular formula is C14H15Cl2NO3. The van der Waals surface area contributed by atoms with Crippen LogP contribution in [-0.4, -0.2) is 31.4 Å². The van der Waals surface area contributed by atoms with E-state index in [2.05, 4.69) is 6.92 Å². The second-order valence-electron chi connectivity index (χ2n) is 4.50. The predicted molar refractivity (Wildman–Crippen MR) is 78.9 cm³/mol. The second kappa shape index (κ2) is 6.57. The van der Waals surface area contributed by atoms with Crippen LogP contribution in [0.25, 0.3) is 0 Å². The van der Waals surface area contributed by atoms with Crippen molar-refractivity contribution in [1.82, 2.24) is 0 Å². The van der Waals surface area contributed by atoms with Gasteiger partial charge in [-0.3, -0.25) is 9.59 Å². The monoisotopic (exact) mass is 315 g/mol. The molecule has 4 nitrogen and oxygen atoms in total. The van der Waals surface area contributed by atoms with Crippen LogP contribution in [0, 0.1) is 0 Å². The van der Waals surface area contributed by atoms with Gasteiger partial charge in [0.15, 0.2) is 0 Å². The molecule has 1 aromatic rings. The summed E-state index contributed by atoms with van der Waals surface area (Å²) >= 11 is 12.1. The van der Waals surface area contributed by atoms with Gasteiger partial charge in [0, 0.05) is 13.2 Å². The minimum absolute atomic E-state index is 0.192. The average Bonchev–Trinajstić information content (AvgIpc) is 2.68. The Morgan fingerprint density at radius 2 is 1.85 bits per heavy atom. The third kappa shape index (κ3) is 2.82. The molecule has 0 N–H and O–H groups in total. The van der Waals surface area contributed by atoms with E-state index >= 15 is 0 Å². The van der Waals surface area contributed by atoms with E-state index in [4.69, 9.17) is 27.9 Å². The van der Waals surface area contributed by atoms with Crippen molar-refractivity contribution >= 4 is 40.6 Å². The van der Waals surface area contributed by atoms with Crippen LogP contribution in [0.3, 0.4) is 0 Å². The van der Waals surface area contributed by atoms with Crippen LogP contribution in [-0.2, 0) is 9.53 Å². The van der Waals surface area contributed by atoms with Gasteiger partial charge in [-0.1, -0.05) is 36.5 Å². The third-order valence-electron chi connectivity index (χ3n) is 3.12. The van der Waals surface area contributed by atoms with E-state index in [1.807, 2.05) is 0 Å². The Labute approximate surface area is 127 Å². The number of benzene rings is 1. The van der Waals surface area contributed by atoms with Crippen LogP contribution in [0.15, 0.2) is 12.1 Å². The highest BCUT2D eigenvalue weighted by molar-refractivity contribution is 6.56. The molecule has 0 radical (unpaired) electrons. The largest absolute Gasteiger partial charge is 0.380 e. The van der Waals surface area contributed by atoms with Gasteiger partial charge < -0.3 is 9.64 Å². The van der Waals surface area contributed by atoms with Crippen LogP contribution >= 0.6 is 23.2 Å². The number of fused-ring (bicyclic) bond motifs is 1. The first-order valence-corrected chi connectivity index (χ1v) is 7.25. The van der Waals surface area contributed by atoms with Gasteiger partial charge in [-0.25, -0.2) is 0 Å². The van der Waals surface area contributed by atoms with Crippen LogP contribution in [0.2, 0.25) is 10.0 Å². The molecule has 0 bridgehead atoms. The number of nitrogens with zero attached hydrogens (tertiary/aromatic N) is 1. The number of ether oxygens (including phenoxy) is 1. The lowest BCUT2D eigenvalue weighted by molar-refractivity contribution is -0.114. The topological polar surface area (TPSA) is 46.6 Å². The summed E-state index contributed by atoms with van der Waals surface area (Å²) in [5.41, 5.74) is 0.589. The van der Waals surface area contributed by atoms with Crippen LogP contribution in [0.4, 0.5) is 5.69 Å². The Kier molecular flexibility index (Phi) is 5.02. The highest BCUT2D eigenvalue weighted by Crippen LogP contribution is 2.39. The number of carbonyl (C=O) groups excluding carboxylic acids is 2. The van der Waals surface area contributed by atoms with Gasteiger partial charge in [0.2, 0.25) is 0 Å². The molecule has 0 fully saturated rings. The molecule has 1 amide bonds. The van der Waals surface area contributed by atoms with Gasteiger partial charge >= 0.3 is 0 Å². The van der Waals surface area contributed by atoms with Crippen molar-refractivity contribution in [3.63, 3.8) is 0 Å². The fourth-order valence-corrected chi connectivity index (χ4v) is 2.57. The van der Waals surface area contributed by atoms with Gasteiger partial charge in [-0.15, -0.1) is 0 Å². The summed E-state index contributed by atoms with van der Waals surface area (Å²) in [6.07, 6.45) is 2.02. The molecule has 0 aliphatic carbocycles. The summed E-state index contributed by atoms with van der Waals surface area (Å²) in [5, 5.41) is 0.592. The van der Waals surface area contributed by atoms with Crippen molar-refractivity contribution < 1.29 is 14.3 Å². The zero-order valence-electron chi connectivity index (χ0n) is 11.1. The van der Waals surface area contributed by atoms with Gasteiger partial charge in [-0.05, 0) is 18.6 Å². The molecule has 0 saturated carbocycles. The van der Waals surface area contributed by atoms with E-state index in [0.29, 0.717) is 30.5 Å². The number of amides is 1. The summed E-state index contributed by atoms with van der Waals surface area (Å²) in [7, 11) is 0. The van der Waals surface area contributed by atoms with E-state index in [-0.39, 0.29) is 10.6 Å². The molecule has 0 saturated heterocycles. The fraction of sp³-hybridized carbons (Fsp3) is 0.429. The number of anilines is 1. The molecule has 0 aromatic heterocycles. The summed E-state index contributed by atoms with van der Waals surface area (Å²) in [6, 6.07) is 3.11. The standard InChI is InChI=1S/C14H15Cl2NO3/c1-2-3-7-20-8-6-17-12-10(16)5-4-9(15)11(12)13(18)14(17)19/h4-5H,2-3,6-8H2,1H3. The molecule has 1 aliphatic rings. The Morgan fingerprint density at radius 1 is 1.15 bits per heavy atom. The van der Waals surface area contributed by atoms with E-state index in [9.17, 15) is 9.59 Å². The van der Waals surface area contributed by atoms with E-state index in [0.717, 1.165) is 12.8 Å². The Bertz CT molecular complexity index is 545. The molecule has 2 rings (SSSR count). The smallest absolute Gasteiger partial charge is 0.299 e. The van der Waals surface area contributed by atoms with Crippen LogP contribution in [0.1, 0.15) is 30.1 Å². The van der Waals surface area contributed by atoms with Gasteiger partial charge in [0.05, 0.1) is 27.9 Å². The Balaban J connectivity index is 2.14. The van der Waals surface area contributed by atoms with Gasteiger partial charge in [0.1, 0.15) is 0 Å². The van der Waals surface area contributed by atoms with Crippen molar-refractivity contribution in [2.24, 2.45) is 0 Å². The number of halogens is 2. The SMILES string of the molecule is CCCCOCCN1C(=O)C(=O)c2c(Cl)ccc(Cl)c21. The third-order valence-corrected chi connectivity index (χ3v) is 3.74. The van der Waals surface area contributed by atoms with Crippen molar-refractivity contribution in [1.29, 1.82) is 0 Å². The first-order chi connectivity index (χ1) is 9.57. The van der Waals surface area contributed by atoms with Crippen molar-refractivity contribution in [3.05, 3.63) is 27.7 Å². The first-order valence-electron chi connectivity index (χ1n) is 6.49. The van der Waals surface area contributed by atoms with Crippen molar-refractivity contribution in [2.75, 3.05) is 24.7 Å². The van der Waals surface area contributed by atoms with Gasteiger partial charge in [-0.2, -0.15) is 0 Å². The molecule has 1 aliphatic heterocycles. The first kappa shape index (κ1) is 15.3. The molecule has 1 aromatic carbocycles. The molecule has 0 unspecified atom stereocenters. The lowest BCUT2D eigenvalue weighted by Crippen LogP contribution is -2.33. The van der Waals surface area contributed by atoms with Crippen molar-refractivity contribution in [3.8, 4) is 0 Å². The maximum Gasteiger partial charge on any atom is 0.299 e. The van der Waals surface area contributed by atoms with Gasteiger partial charge in [0.25, 0.3) is 11.7 Å². The predicted octanol–water partition coefficient (Wildman–Crippen LogP) is 3.34. The lowest BCUT2D eigenvalue weighted by Gasteiger charge is -2.17. The number of Topliss-reactive ketones (excluding diaryl/α,β-unsaturated/α-hetero) is 1. The molecule has 1 heterocycles. The number of hydrogen-bond donors (Lipinski definition) is 0. The highest BCUT2D eigenvalue weighted by Gasteiger charge is 2.38. The lowest BCUT2D eigenvalue weighted by atomic mass is 10.1. The number of carbonyl (C=O) groups is 2. The summed E-state index contributed by atoms with van der Waals surface area (Å²) in [4.78, 5) is 25.3. The highest BCUT2D eigenvalue weighted by atomic mass is 35.5. The number of rotatable bonds is 6. The minimum atomic E-state index is -0.610. The van der Waals surface area contributed by atoms with Crippen LogP contribution < -0.4 is 4.90 Å². The summed E-state index contributed by atoms with van der Waals surface area (Å²) in [5.74, 6) is -1.21. The molecule has 20 heavy (non-hydrogen) atoms. The Hall–Kier alpha value is -1.10. The maximum absolute atomic E-state index is 12.0. The van der Waals surface area contributed by atoms with Crippen LogP contribution in [0.5, 0.6) is 0 Å². The van der Waals surface area contributed by atoms with E-state index in [1.165, 1.54) is 11.0 Å².